The predicted molar refractivity (Wildman–Crippen MR) is 57.3 cm³/mol. The third-order valence-corrected chi connectivity index (χ3v) is 2.57. The van der Waals surface area contributed by atoms with Gasteiger partial charge in [0.25, 0.3) is 0 Å². The summed E-state index contributed by atoms with van der Waals surface area (Å²) in [5.74, 6) is 0.176. The zero-order chi connectivity index (χ0) is 11.7. The van der Waals surface area contributed by atoms with Crippen LogP contribution in [0, 0.1) is 12.7 Å². The summed E-state index contributed by atoms with van der Waals surface area (Å²) in [5.41, 5.74) is 6.19. The Morgan fingerprint density at radius 1 is 1.50 bits per heavy atom. The maximum Gasteiger partial charge on any atom is 0.240 e. The van der Waals surface area contributed by atoms with Gasteiger partial charge in [-0.05, 0) is 19.1 Å². The first-order valence-corrected chi connectivity index (χ1v) is 4.98. The van der Waals surface area contributed by atoms with E-state index in [4.69, 9.17) is 21.9 Å². The summed E-state index contributed by atoms with van der Waals surface area (Å²) in [7, 11) is 0. The van der Waals surface area contributed by atoms with E-state index in [2.05, 4.69) is 10.1 Å². The molecule has 0 aliphatic rings. The van der Waals surface area contributed by atoms with Crippen molar-refractivity contribution in [2.24, 2.45) is 5.73 Å². The molecule has 0 atom stereocenters. The van der Waals surface area contributed by atoms with Gasteiger partial charge in [0.2, 0.25) is 11.7 Å². The summed E-state index contributed by atoms with van der Waals surface area (Å²) in [4.78, 5) is 3.98. The van der Waals surface area contributed by atoms with E-state index in [1.165, 1.54) is 6.07 Å². The molecule has 16 heavy (non-hydrogen) atoms. The summed E-state index contributed by atoms with van der Waals surface area (Å²) in [6.07, 6.45) is 0. The summed E-state index contributed by atoms with van der Waals surface area (Å²) >= 11 is 5.86. The van der Waals surface area contributed by atoms with Crippen LogP contribution in [0.15, 0.2) is 16.7 Å². The largest absolute Gasteiger partial charge is 0.338 e. The number of nitrogens with zero attached hydrogens (tertiary/aromatic N) is 2. The van der Waals surface area contributed by atoms with Crippen LogP contribution in [0.3, 0.4) is 0 Å². The van der Waals surface area contributed by atoms with Crippen LogP contribution in [0.5, 0.6) is 0 Å². The van der Waals surface area contributed by atoms with Gasteiger partial charge in [0, 0.05) is 16.1 Å². The van der Waals surface area contributed by atoms with E-state index in [1.54, 1.807) is 13.0 Å². The average molecular weight is 242 g/mol. The Bertz CT molecular complexity index is 504. The number of benzene rings is 1. The van der Waals surface area contributed by atoms with Crippen molar-refractivity contribution in [2.75, 3.05) is 0 Å². The predicted octanol–water partition coefficient (Wildman–Crippen LogP) is 2.30. The van der Waals surface area contributed by atoms with E-state index < -0.39 is 5.82 Å². The van der Waals surface area contributed by atoms with Crippen LogP contribution in [0.4, 0.5) is 4.39 Å². The van der Waals surface area contributed by atoms with Gasteiger partial charge in [-0.3, -0.25) is 0 Å². The van der Waals surface area contributed by atoms with E-state index in [-0.39, 0.29) is 12.4 Å². The van der Waals surface area contributed by atoms with Gasteiger partial charge < -0.3 is 10.3 Å². The van der Waals surface area contributed by atoms with Gasteiger partial charge in [-0.25, -0.2) is 4.39 Å². The zero-order valence-corrected chi connectivity index (χ0v) is 9.25. The molecular formula is C10H9ClFN3O. The quantitative estimate of drug-likeness (QED) is 0.876. The molecule has 1 heterocycles. The summed E-state index contributed by atoms with van der Waals surface area (Å²) in [6, 6.07) is 2.90. The molecule has 0 radical (unpaired) electrons. The van der Waals surface area contributed by atoms with Crippen LogP contribution in [0.1, 0.15) is 11.5 Å². The SMILES string of the molecule is Cc1c(F)cc(-c2noc(CN)n2)cc1Cl. The average Bonchev–Trinajstić information content (AvgIpc) is 2.73. The Hall–Kier alpha value is -1.46. The van der Waals surface area contributed by atoms with Crippen molar-refractivity contribution in [3.8, 4) is 11.4 Å². The number of halogens is 2. The van der Waals surface area contributed by atoms with Gasteiger partial charge in [-0.2, -0.15) is 4.98 Å². The van der Waals surface area contributed by atoms with Gasteiger partial charge in [-0.15, -0.1) is 0 Å². The third-order valence-electron chi connectivity index (χ3n) is 2.18. The maximum atomic E-state index is 13.4. The van der Waals surface area contributed by atoms with E-state index in [9.17, 15) is 4.39 Å². The molecule has 1 aromatic carbocycles. The maximum absolute atomic E-state index is 13.4. The van der Waals surface area contributed by atoms with Crippen molar-refractivity contribution in [1.82, 2.24) is 10.1 Å². The van der Waals surface area contributed by atoms with Crippen LogP contribution in [0.25, 0.3) is 11.4 Å². The highest BCUT2D eigenvalue weighted by Crippen LogP contribution is 2.25. The molecule has 0 aliphatic heterocycles. The number of aromatic nitrogens is 2. The second-order valence-corrected chi connectivity index (χ2v) is 3.69. The fourth-order valence-corrected chi connectivity index (χ4v) is 1.44. The molecule has 2 aromatic rings. The first-order valence-electron chi connectivity index (χ1n) is 4.60. The van der Waals surface area contributed by atoms with Gasteiger partial charge in [0.15, 0.2) is 0 Å². The van der Waals surface area contributed by atoms with Crippen LogP contribution in [-0.2, 0) is 6.54 Å². The Kier molecular flexibility index (Phi) is 2.89. The van der Waals surface area contributed by atoms with Gasteiger partial charge in [0.1, 0.15) is 5.82 Å². The van der Waals surface area contributed by atoms with Crippen molar-refractivity contribution < 1.29 is 8.91 Å². The summed E-state index contributed by atoms with van der Waals surface area (Å²) in [5, 5.41) is 4.01. The molecule has 0 saturated heterocycles. The van der Waals surface area contributed by atoms with E-state index >= 15 is 0 Å². The number of hydrogen-bond donors (Lipinski definition) is 1. The molecule has 0 aliphatic carbocycles. The third kappa shape index (κ3) is 1.91. The zero-order valence-electron chi connectivity index (χ0n) is 8.50. The molecule has 0 bridgehead atoms. The van der Waals surface area contributed by atoms with Crippen LogP contribution >= 0.6 is 11.6 Å². The van der Waals surface area contributed by atoms with Crippen molar-refractivity contribution in [2.45, 2.75) is 13.5 Å². The smallest absolute Gasteiger partial charge is 0.240 e. The Labute approximate surface area is 96.2 Å². The normalized spacial score (nSPS) is 10.8. The first-order chi connectivity index (χ1) is 7.61. The fraction of sp³-hybridized carbons (Fsp3) is 0.200. The van der Waals surface area contributed by atoms with Crippen molar-refractivity contribution in [3.05, 3.63) is 34.4 Å². The highest BCUT2D eigenvalue weighted by molar-refractivity contribution is 6.31. The second-order valence-electron chi connectivity index (χ2n) is 3.28. The molecule has 84 valence electrons. The molecule has 0 spiro atoms. The molecule has 2 rings (SSSR count). The molecular weight excluding hydrogens is 233 g/mol. The Morgan fingerprint density at radius 2 is 2.25 bits per heavy atom. The van der Waals surface area contributed by atoms with Crippen LogP contribution in [-0.4, -0.2) is 10.1 Å². The van der Waals surface area contributed by atoms with Gasteiger partial charge >= 0.3 is 0 Å². The van der Waals surface area contributed by atoms with Crippen molar-refractivity contribution in [1.29, 1.82) is 0 Å². The minimum atomic E-state index is -0.401. The number of nitrogens with two attached hydrogens (primary N) is 1. The Balaban J connectivity index is 2.48. The van der Waals surface area contributed by atoms with Gasteiger partial charge in [-0.1, -0.05) is 16.8 Å². The Morgan fingerprint density at radius 3 is 2.81 bits per heavy atom. The van der Waals surface area contributed by atoms with Crippen LogP contribution in [0.2, 0.25) is 5.02 Å². The standard InChI is InChI=1S/C10H9ClFN3O/c1-5-7(11)2-6(3-8(5)12)10-14-9(4-13)16-15-10/h2-3H,4,13H2,1H3. The molecule has 2 N–H and O–H groups in total. The molecule has 0 saturated carbocycles. The monoisotopic (exact) mass is 241 g/mol. The molecule has 4 nitrogen and oxygen atoms in total. The molecule has 6 heteroatoms. The van der Waals surface area contributed by atoms with Crippen molar-refractivity contribution >= 4 is 11.6 Å². The lowest BCUT2D eigenvalue weighted by atomic mass is 10.1. The number of hydrogen-bond acceptors (Lipinski definition) is 4. The van der Waals surface area contributed by atoms with E-state index in [0.717, 1.165) is 0 Å². The highest BCUT2D eigenvalue weighted by atomic mass is 35.5. The van der Waals surface area contributed by atoms with E-state index in [0.29, 0.717) is 22.0 Å². The highest BCUT2D eigenvalue weighted by Gasteiger charge is 2.11. The molecule has 0 fully saturated rings. The molecule has 0 amide bonds. The first kappa shape index (κ1) is 11.0. The number of rotatable bonds is 2. The lowest BCUT2D eigenvalue weighted by Crippen LogP contribution is -1.95. The fourth-order valence-electron chi connectivity index (χ4n) is 1.23. The van der Waals surface area contributed by atoms with E-state index in [1.807, 2.05) is 0 Å². The minimum Gasteiger partial charge on any atom is -0.338 e. The lowest BCUT2D eigenvalue weighted by Gasteiger charge is -2.01. The van der Waals surface area contributed by atoms with Gasteiger partial charge in [0.05, 0.1) is 6.54 Å². The second kappa shape index (κ2) is 4.19. The summed E-state index contributed by atoms with van der Waals surface area (Å²) in [6.45, 7) is 1.75. The van der Waals surface area contributed by atoms with Crippen LogP contribution < -0.4 is 5.73 Å². The summed E-state index contributed by atoms with van der Waals surface area (Å²) < 4.78 is 18.2. The minimum absolute atomic E-state index is 0.148. The lowest BCUT2D eigenvalue weighted by molar-refractivity contribution is 0.380. The topological polar surface area (TPSA) is 64.9 Å². The molecule has 0 unspecified atom stereocenters. The molecule has 1 aromatic heterocycles. The van der Waals surface area contributed by atoms with Crippen molar-refractivity contribution in [3.63, 3.8) is 0 Å².